The van der Waals surface area contributed by atoms with E-state index in [1.54, 1.807) is 49.6 Å². The minimum absolute atomic E-state index is 0.154. The third-order valence-electron chi connectivity index (χ3n) is 5.23. The number of ether oxygens (including phenoxy) is 2. The monoisotopic (exact) mass is 571 g/mol. The van der Waals surface area contributed by atoms with E-state index in [1.165, 1.54) is 6.21 Å². The number of methoxy groups -OCH3 is 1. The van der Waals surface area contributed by atoms with Crippen LogP contribution in [-0.2, 0) is 11.4 Å². The molecule has 0 aliphatic heterocycles. The summed E-state index contributed by atoms with van der Waals surface area (Å²) in [6.45, 7) is 4.08. The SMILES string of the molecule is COc1cc(C=NNC(=O)C(NC(=O)c2ccc(Cl)cc2)C(C)C)ccc1OCc1ccc(Br)cc1. The topological polar surface area (TPSA) is 89.0 Å². The van der Waals surface area contributed by atoms with Crippen LogP contribution in [0.4, 0.5) is 0 Å². The molecule has 3 rings (SSSR count). The smallest absolute Gasteiger partial charge is 0.262 e. The van der Waals surface area contributed by atoms with E-state index in [0.717, 1.165) is 10.0 Å². The van der Waals surface area contributed by atoms with E-state index in [9.17, 15) is 9.59 Å². The zero-order chi connectivity index (χ0) is 26.1. The van der Waals surface area contributed by atoms with Gasteiger partial charge in [0.15, 0.2) is 11.5 Å². The van der Waals surface area contributed by atoms with Crippen LogP contribution in [0.1, 0.15) is 35.3 Å². The predicted molar refractivity (Wildman–Crippen MR) is 145 cm³/mol. The zero-order valence-corrected chi connectivity index (χ0v) is 22.5. The molecule has 0 aromatic heterocycles. The molecule has 0 aliphatic rings. The number of carbonyl (C=O) groups excluding carboxylic acids is 2. The van der Waals surface area contributed by atoms with Crippen molar-refractivity contribution in [2.45, 2.75) is 26.5 Å². The molecule has 0 saturated carbocycles. The van der Waals surface area contributed by atoms with Crippen LogP contribution >= 0.6 is 27.5 Å². The molecule has 3 aromatic carbocycles. The average Bonchev–Trinajstić information content (AvgIpc) is 2.87. The Morgan fingerprint density at radius 1 is 1.03 bits per heavy atom. The Labute approximate surface area is 224 Å². The van der Waals surface area contributed by atoms with Crippen molar-refractivity contribution < 1.29 is 19.1 Å². The molecule has 36 heavy (non-hydrogen) atoms. The summed E-state index contributed by atoms with van der Waals surface area (Å²) < 4.78 is 12.3. The summed E-state index contributed by atoms with van der Waals surface area (Å²) >= 11 is 9.29. The van der Waals surface area contributed by atoms with Crippen LogP contribution < -0.4 is 20.2 Å². The molecule has 0 fully saturated rings. The van der Waals surface area contributed by atoms with Gasteiger partial charge >= 0.3 is 0 Å². The number of hydrogen-bond acceptors (Lipinski definition) is 5. The van der Waals surface area contributed by atoms with Crippen LogP contribution in [0.3, 0.4) is 0 Å². The van der Waals surface area contributed by atoms with Gasteiger partial charge in [0.05, 0.1) is 13.3 Å². The molecule has 7 nitrogen and oxygen atoms in total. The Morgan fingerprint density at radius 3 is 2.36 bits per heavy atom. The first-order chi connectivity index (χ1) is 17.3. The summed E-state index contributed by atoms with van der Waals surface area (Å²) in [7, 11) is 1.56. The second-order valence-electron chi connectivity index (χ2n) is 8.26. The van der Waals surface area contributed by atoms with E-state index in [0.29, 0.717) is 34.3 Å². The molecule has 1 unspecified atom stereocenters. The number of carbonyl (C=O) groups is 2. The highest BCUT2D eigenvalue weighted by Crippen LogP contribution is 2.28. The van der Waals surface area contributed by atoms with Crippen molar-refractivity contribution in [2.24, 2.45) is 11.0 Å². The minimum Gasteiger partial charge on any atom is -0.493 e. The van der Waals surface area contributed by atoms with Crippen LogP contribution in [0.25, 0.3) is 0 Å². The van der Waals surface area contributed by atoms with Crippen LogP contribution in [-0.4, -0.2) is 31.2 Å². The van der Waals surface area contributed by atoms with E-state index < -0.39 is 11.9 Å². The Hall–Kier alpha value is -3.36. The number of amides is 2. The fraction of sp³-hybridized carbons (Fsp3) is 0.222. The molecule has 2 N–H and O–H groups in total. The van der Waals surface area contributed by atoms with E-state index in [-0.39, 0.29) is 11.8 Å². The first-order valence-electron chi connectivity index (χ1n) is 11.2. The summed E-state index contributed by atoms with van der Waals surface area (Å²) in [5.74, 6) is 0.181. The summed E-state index contributed by atoms with van der Waals surface area (Å²) in [6.07, 6.45) is 1.50. The van der Waals surface area contributed by atoms with Crippen molar-refractivity contribution in [1.82, 2.24) is 10.7 Å². The third-order valence-corrected chi connectivity index (χ3v) is 6.01. The van der Waals surface area contributed by atoms with E-state index in [1.807, 2.05) is 38.1 Å². The lowest BCUT2D eigenvalue weighted by atomic mass is 10.0. The molecule has 0 spiro atoms. The van der Waals surface area contributed by atoms with E-state index in [2.05, 4.69) is 31.8 Å². The average molecular weight is 573 g/mol. The zero-order valence-electron chi connectivity index (χ0n) is 20.1. The quantitative estimate of drug-likeness (QED) is 0.245. The molecule has 0 aliphatic carbocycles. The van der Waals surface area contributed by atoms with Crippen molar-refractivity contribution in [3.05, 3.63) is 92.9 Å². The van der Waals surface area contributed by atoms with Gasteiger partial charge in [-0.15, -0.1) is 0 Å². The van der Waals surface area contributed by atoms with Gasteiger partial charge in [-0.1, -0.05) is 53.5 Å². The summed E-state index contributed by atoms with van der Waals surface area (Å²) in [6, 6.07) is 18.9. The minimum atomic E-state index is -0.769. The largest absolute Gasteiger partial charge is 0.493 e. The molecule has 9 heteroatoms. The van der Waals surface area contributed by atoms with Crippen LogP contribution in [0.5, 0.6) is 11.5 Å². The van der Waals surface area contributed by atoms with Gasteiger partial charge in [-0.3, -0.25) is 9.59 Å². The molecule has 0 heterocycles. The Morgan fingerprint density at radius 2 is 1.72 bits per heavy atom. The van der Waals surface area contributed by atoms with Gasteiger partial charge in [0, 0.05) is 15.1 Å². The molecular weight excluding hydrogens is 546 g/mol. The summed E-state index contributed by atoms with van der Waals surface area (Å²) in [5, 5.41) is 7.33. The van der Waals surface area contributed by atoms with Crippen molar-refractivity contribution in [1.29, 1.82) is 0 Å². The standard InChI is InChI=1S/C27H27BrClN3O4/c1-17(2)25(31-26(33)20-7-11-22(29)12-8-20)27(34)32-30-15-19-6-13-23(24(14-19)35-3)36-16-18-4-9-21(28)10-5-18/h4-15,17,25H,16H2,1-3H3,(H,31,33)(H,32,34). The molecule has 2 amide bonds. The molecule has 3 aromatic rings. The maximum Gasteiger partial charge on any atom is 0.262 e. The fourth-order valence-corrected chi connectivity index (χ4v) is 3.62. The molecule has 0 radical (unpaired) electrons. The summed E-state index contributed by atoms with van der Waals surface area (Å²) in [5.41, 5.74) is 4.64. The fourth-order valence-electron chi connectivity index (χ4n) is 3.23. The van der Waals surface area contributed by atoms with Crippen LogP contribution in [0.15, 0.2) is 76.3 Å². The summed E-state index contributed by atoms with van der Waals surface area (Å²) in [4.78, 5) is 25.2. The van der Waals surface area contributed by atoms with Gasteiger partial charge in [0.2, 0.25) is 0 Å². The van der Waals surface area contributed by atoms with Crippen molar-refractivity contribution in [3.8, 4) is 11.5 Å². The van der Waals surface area contributed by atoms with Gasteiger partial charge in [0.25, 0.3) is 11.8 Å². The number of halogens is 2. The van der Waals surface area contributed by atoms with E-state index >= 15 is 0 Å². The number of hydrogen-bond donors (Lipinski definition) is 2. The van der Waals surface area contributed by atoms with E-state index in [4.69, 9.17) is 21.1 Å². The Bertz CT molecular complexity index is 1210. The van der Waals surface area contributed by atoms with Crippen molar-refractivity contribution in [3.63, 3.8) is 0 Å². The first-order valence-corrected chi connectivity index (χ1v) is 12.4. The van der Waals surface area contributed by atoms with Gasteiger partial charge in [-0.25, -0.2) is 5.43 Å². The van der Waals surface area contributed by atoms with Crippen molar-refractivity contribution >= 4 is 45.6 Å². The second-order valence-corrected chi connectivity index (χ2v) is 9.61. The second kappa shape index (κ2) is 13.1. The van der Waals surface area contributed by atoms with Crippen LogP contribution in [0, 0.1) is 5.92 Å². The molecule has 1 atom stereocenters. The third kappa shape index (κ3) is 7.83. The lowest BCUT2D eigenvalue weighted by molar-refractivity contribution is -0.123. The highest BCUT2D eigenvalue weighted by atomic mass is 79.9. The lowest BCUT2D eigenvalue weighted by Gasteiger charge is -2.20. The van der Waals surface area contributed by atoms with Gasteiger partial charge in [0.1, 0.15) is 12.6 Å². The lowest BCUT2D eigenvalue weighted by Crippen LogP contribution is -2.48. The van der Waals surface area contributed by atoms with Crippen LogP contribution in [0.2, 0.25) is 5.02 Å². The van der Waals surface area contributed by atoms with Crippen molar-refractivity contribution in [2.75, 3.05) is 7.11 Å². The number of hydrazone groups is 1. The highest BCUT2D eigenvalue weighted by Gasteiger charge is 2.24. The maximum absolute atomic E-state index is 12.7. The van der Waals surface area contributed by atoms with Gasteiger partial charge in [-0.05, 0) is 71.6 Å². The Balaban J connectivity index is 1.60. The van der Waals surface area contributed by atoms with Gasteiger partial charge in [-0.2, -0.15) is 5.10 Å². The highest BCUT2D eigenvalue weighted by molar-refractivity contribution is 9.10. The molecule has 0 bridgehead atoms. The predicted octanol–water partition coefficient (Wildman–Crippen LogP) is 5.59. The van der Waals surface area contributed by atoms with Gasteiger partial charge < -0.3 is 14.8 Å². The number of nitrogens with one attached hydrogen (secondary N) is 2. The maximum atomic E-state index is 12.7. The first kappa shape index (κ1) is 27.2. The number of nitrogens with zero attached hydrogens (tertiary/aromatic N) is 1. The number of rotatable bonds is 10. The molecule has 188 valence electrons. The normalized spacial score (nSPS) is 11.8. The molecule has 0 saturated heterocycles. The number of benzene rings is 3. The Kier molecular flexibility index (Phi) is 9.90. The molecular formula is C27H27BrClN3O4.